The van der Waals surface area contributed by atoms with Gasteiger partial charge in [-0.05, 0) is 42.8 Å². The number of rotatable bonds is 3. The molecule has 0 N–H and O–H groups in total. The van der Waals surface area contributed by atoms with E-state index in [1.54, 1.807) is 0 Å². The Labute approximate surface area is 104 Å². The summed E-state index contributed by atoms with van der Waals surface area (Å²) >= 11 is 1.51. The van der Waals surface area contributed by atoms with E-state index < -0.39 is 0 Å². The maximum atomic E-state index is 10.5. The molecule has 0 aliphatic carbocycles. The average molecular weight is 244 g/mol. The molecule has 0 radical (unpaired) electrons. The minimum atomic E-state index is 0.496. The Morgan fingerprint density at radius 3 is 2.53 bits per heavy atom. The summed E-state index contributed by atoms with van der Waals surface area (Å²) < 4.78 is 0. The van der Waals surface area contributed by atoms with Crippen molar-refractivity contribution >= 4 is 18.0 Å². The topological polar surface area (TPSA) is 42.9 Å². The van der Waals surface area contributed by atoms with Crippen LogP contribution in [0.3, 0.4) is 0 Å². The van der Waals surface area contributed by atoms with Crippen LogP contribution in [-0.2, 0) is 0 Å². The smallest absolute Gasteiger partial charge is 0.192 e. The molecular formula is C13H12N2OS. The van der Waals surface area contributed by atoms with Crippen LogP contribution in [0.15, 0.2) is 40.6 Å². The van der Waals surface area contributed by atoms with Crippen LogP contribution in [-0.4, -0.2) is 16.3 Å². The number of carbonyl (C=O) groups excluding carboxylic acids is 1. The van der Waals surface area contributed by atoms with E-state index in [4.69, 9.17) is 0 Å². The van der Waals surface area contributed by atoms with Crippen molar-refractivity contribution in [2.24, 2.45) is 0 Å². The predicted molar refractivity (Wildman–Crippen MR) is 67.5 cm³/mol. The van der Waals surface area contributed by atoms with Crippen molar-refractivity contribution in [3.8, 4) is 0 Å². The van der Waals surface area contributed by atoms with Crippen LogP contribution < -0.4 is 0 Å². The normalized spacial score (nSPS) is 10.2. The number of carbonyl (C=O) groups is 1. The highest BCUT2D eigenvalue weighted by Gasteiger charge is 2.04. The highest BCUT2D eigenvalue weighted by Crippen LogP contribution is 2.28. The zero-order chi connectivity index (χ0) is 12.3. The summed E-state index contributed by atoms with van der Waals surface area (Å²) in [5.74, 6) is 0. The van der Waals surface area contributed by atoms with Crippen LogP contribution in [0.2, 0.25) is 0 Å². The van der Waals surface area contributed by atoms with Gasteiger partial charge in [-0.25, -0.2) is 9.97 Å². The van der Waals surface area contributed by atoms with E-state index in [1.807, 2.05) is 0 Å². The second-order valence-electron chi connectivity index (χ2n) is 3.79. The lowest BCUT2D eigenvalue weighted by atomic mass is 10.2. The van der Waals surface area contributed by atoms with E-state index in [1.165, 1.54) is 35.3 Å². The van der Waals surface area contributed by atoms with E-state index in [9.17, 15) is 4.79 Å². The first kappa shape index (κ1) is 11.8. The number of aromatic nitrogens is 2. The summed E-state index contributed by atoms with van der Waals surface area (Å²) in [6, 6.07) is 6.27. The van der Waals surface area contributed by atoms with Crippen LogP contribution in [0.25, 0.3) is 0 Å². The molecule has 4 heteroatoms. The van der Waals surface area contributed by atoms with Crippen LogP contribution in [0.5, 0.6) is 0 Å². The highest BCUT2D eigenvalue weighted by atomic mass is 32.2. The van der Waals surface area contributed by atoms with Gasteiger partial charge in [0, 0.05) is 17.3 Å². The molecule has 0 saturated carbocycles. The van der Waals surface area contributed by atoms with Gasteiger partial charge in [0.25, 0.3) is 0 Å². The molecule has 1 heterocycles. The van der Waals surface area contributed by atoms with Gasteiger partial charge in [-0.3, -0.25) is 4.79 Å². The lowest BCUT2D eigenvalue weighted by Crippen LogP contribution is -1.90. The van der Waals surface area contributed by atoms with E-state index in [0.29, 0.717) is 10.7 Å². The molecule has 0 fully saturated rings. The summed E-state index contributed by atoms with van der Waals surface area (Å²) in [5.41, 5.74) is 2.90. The predicted octanol–water partition coefficient (Wildman–Crippen LogP) is 3.06. The first-order valence-corrected chi connectivity index (χ1v) is 6.03. The standard InChI is InChI=1S/C13H12N2OS/c1-9-3-4-10(2)12(5-9)17-13-14-6-11(8-16)7-15-13/h3-8H,1-2H3. The Balaban J connectivity index is 2.24. The number of benzene rings is 1. The maximum Gasteiger partial charge on any atom is 0.192 e. The van der Waals surface area contributed by atoms with Crippen LogP contribution in [0.4, 0.5) is 0 Å². The quantitative estimate of drug-likeness (QED) is 0.614. The number of hydrogen-bond acceptors (Lipinski definition) is 4. The first-order chi connectivity index (χ1) is 8.19. The van der Waals surface area contributed by atoms with Gasteiger partial charge in [-0.1, -0.05) is 12.1 Å². The monoisotopic (exact) mass is 244 g/mol. The number of aldehydes is 1. The minimum Gasteiger partial charge on any atom is -0.298 e. The van der Waals surface area contributed by atoms with E-state index in [-0.39, 0.29) is 0 Å². The molecule has 0 atom stereocenters. The second-order valence-corrected chi connectivity index (χ2v) is 4.80. The molecule has 2 aromatic rings. The molecule has 0 spiro atoms. The van der Waals surface area contributed by atoms with Crippen molar-refractivity contribution < 1.29 is 4.79 Å². The number of hydrogen-bond donors (Lipinski definition) is 0. The molecule has 17 heavy (non-hydrogen) atoms. The third-order valence-corrected chi connectivity index (χ3v) is 3.38. The molecular weight excluding hydrogens is 232 g/mol. The van der Waals surface area contributed by atoms with E-state index in [2.05, 4.69) is 42.0 Å². The van der Waals surface area contributed by atoms with Gasteiger partial charge < -0.3 is 0 Å². The van der Waals surface area contributed by atoms with Gasteiger partial charge in [0.15, 0.2) is 11.4 Å². The fraction of sp³-hybridized carbons (Fsp3) is 0.154. The molecule has 0 unspecified atom stereocenters. The van der Waals surface area contributed by atoms with E-state index >= 15 is 0 Å². The van der Waals surface area contributed by atoms with Crippen molar-refractivity contribution in [3.63, 3.8) is 0 Å². The molecule has 0 amide bonds. The number of nitrogens with zero attached hydrogens (tertiary/aromatic N) is 2. The first-order valence-electron chi connectivity index (χ1n) is 5.21. The van der Waals surface area contributed by atoms with Gasteiger partial charge in [-0.15, -0.1) is 0 Å². The van der Waals surface area contributed by atoms with Crippen molar-refractivity contribution in [3.05, 3.63) is 47.3 Å². The maximum absolute atomic E-state index is 10.5. The van der Waals surface area contributed by atoms with Gasteiger partial charge in [0.1, 0.15) is 0 Å². The summed E-state index contributed by atoms with van der Waals surface area (Å²) in [6.07, 6.45) is 3.81. The zero-order valence-electron chi connectivity index (χ0n) is 9.68. The fourth-order valence-corrected chi connectivity index (χ4v) is 2.24. The molecule has 0 aliphatic rings. The molecule has 2 rings (SSSR count). The summed E-state index contributed by atoms with van der Waals surface area (Å²) in [6.45, 7) is 4.11. The SMILES string of the molecule is Cc1ccc(C)c(Sc2ncc(C=O)cn2)c1. The molecule has 0 bridgehead atoms. The lowest BCUT2D eigenvalue weighted by molar-refractivity contribution is 0.112. The van der Waals surface area contributed by atoms with Crippen molar-refractivity contribution in [1.29, 1.82) is 0 Å². The van der Waals surface area contributed by atoms with Gasteiger partial charge >= 0.3 is 0 Å². The summed E-state index contributed by atoms with van der Waals surface area (Å²) in [5, 5.41) is 0.657. The van der Waals surface area contributed by atoms with Gasteiger partial charge in [0.2, 0.25) is 0 Å². The van der Waals surface area contributed by atoms with E-state index in [0.717, 1.165) is 11.2 Å². The van der Waals surface area contributed by atoms with Crippen molar-refractivity contribution in [2.75, 3.05) is 0 Å². The van der Waals surface area contributed by atoms with Crippen LogP contribution in [0, 0.1) is 13.8 Å². The second kappa shape index (κ2) is 5.10. The Hall–Kier alpha value is -1.68. The minimum absolute atomic E-state index is 0.496. The van der Waals surface area contributed by atoms with Crippen molar-refractivity contribution in [2.45, 2.75) is 23.9 Å². The molecule has 1 aromatic carbocycles. The molecule has 86 valence electrons. The lowest BCUT2D eigenvalue weighted by Gasteiger charge is -2.05. The Kier molecular flexibility index (Phi) is 3.54. The van der Waals surface area contributed by atoms with Gasteiger partial charge in [-0.2, -0.15) is 0 Å². The summed E-state index contributed by atoms with van der Waals surface area (Å²) in [7, 11) is 0. The fourth-order valence-electron chi connectivity index (χ4n) is 1.36. The summed E-state index contributed by atoms with van der Waals surface area (Å²) in [4.78, 5) is 19.9. The Morgan fingerprint density at radius 2 is 1.88 bits per heavy atom. The number of aryl methyl sites for hydroxylation is 2. The molecule has 3 nitrogen and oxygen atoms in total. The van der Waals surface area contributed by atoms with Gasteiger partial charge in [0.05, 0.1) is 5.56 Å². The Morgan fingerprint density at radius 1 is 1.18 bits per heavy atom. The molecule has 0 saturated heterocycles. The third kappa shape index (κ3) is 2.91. The Bertz CT molecular complexity index is 538. The highest BCUT2D eigenvalue weighted by molar-refractivity contribution is 7.99. The average Bonchev–Trinajstić information content (AvgIpc) is 2.35. The van der Waals surface area contributed by atoms with Crippen LogP contribution >= 0.6 is 11.8 Å². The zero-order valence-corrected chi connectivity index (χ0v) is 10.5. The van der Waals surface area contributed by atoms with Crippen molar-refractivity contribution in [1.82, 2.24) is 9.97 Å². The third-order valence-electron chi connectivity index (χ3n) is 2.33. The van der Waals surface area contributed by atoms with Crippen LogP contribution in [0.1, 0.15) is 21.5 Å². The largest absolute Gasteiger partial charge is 0.298 e. The molecule has 1 aromatic heterocycles. The molecule has 0 aliphatic heterocycles.